The Morgan fingerprint density at radius 3 is 2.48 bits per heavy atom. The summed E-state index contributed by atoms with van der Waals surface area (Å²) in [6, 6.07) is 7.86. The number of carbonyl (C=O) groups excluding carboxylic acids is 1. The number of rotatable bonds is 6. The lowest BCUT2D eigenvalue weighted by Gasteiger charge is -2.10. The smallest absolute Gasteiger partial charge is 0.224 e. The molecule has 0 saturated carbocycles. The number of nitrogens with zero attached hydrogens (tertiary/aromatic N) is 2. The molecule has 2 N–H and O–H groups in total. The molecule has 0 aliphatic carbocycles. The van der Waals surface area contributed by atoms with Crippen LogP contribution in [0.4, 0.5) is 11.6 Å². The number of aromatic nitrogens is 2. The largest absolute Gasteiger partial charge is 0.354 e. The quantitative estimate of drug-likeness (QED) is 0.801. The molecule has 0 bridgehead atoms. The maximum Gasteiger partial charge on any atom is 0.224 e. The minimum atomic E-state index is 0.0295. The van der Waals surface area contributed by atoms with Crippen molar-refractivity contribution in [2.75, 3.05) is 17.2 Å². The van der Waals surface area contributed by atoms with Gasteiger partial charge in [-0.25, -0.2) is 9.97 Å². The van der Waals surface area contributed by atoms with E-state index in [4.69, 9.17) is 0 Å². The van der Waals surface area contributed by atoms with Crippen LogP contribution in [0.25, 0.3) is 0 Å². The molecular formula is C18H24N4O. The Balaban J connectivity index is 1.77. The average Bonchev–Trinajstić information content (AvgIpc) is 2.47. The van der Waals surface area contributed by atoms with E-state index in [0.717, 1.165) is 29.1 Å². The van der Waals surface area contributed by atoms with Gasteiger partial charge >= 0.3 is 0 Å². The first-order valence-electron chi connectivity index (χ1n) is 7.88. The summed E-state index contributed by atoms with van der Waals surface area (Å²) in [5.74, 6) is 0.652. The first-order chi connectivity index (χ1) is 11.0. The summed E-state index contributed by atoms with van der Waals surface area (Å²) in [4.78, 5) is 20.7. The molecule has 122 valence electrons. The number of hydrogen-bond donors (Lipinski definition) is 2. The van der Waals surface area contributed by atoms with Gasteiger partial charge in [-0.15, -0.1) is 0 Å². The highest BCUT2D eigenvalue weighted by atomic mass is 16.1. The lowest BCUT2D eigenvalue weighted by atomic mass is 10.1. The first-order valence-corrected chi connectivity index (χ1v) is 7.88. The molecule has 0 atom stereocenters. The van der Waals surface area contributed by atoms with Gasteiger partial charge < -0.3 is 10.6 Å². The minimum absolute atomic E-state index is 0.0295. The number of nitrogens with one attached hydrogen (secondary N) is 2. The second-order valence-corrected chi connectivity index (χ2v) is 5.80. The van der Waals surface area contributed by atoms with E-state index in [1.54, 1.807) is 0 Å². The van der Waals surface area contributed by atoms with Crippen LogP contribution >= 0.6 is 0 Å². The molecule has 0 saturated heterocycles. The normalized spacial score (nSPS) is 10.4. The molecule has 23 heavy (non-hydrogen) atoms. The molecule has 2 aromatic rings. The van der Waals surface area contributed by atoms with Crippen LogP contribution in [0.15, 0.2) is 24.3 Å². The Hall–Kier alpha value is -2.43. The topological polar surface area (TPSA) is 66.9 Å². The van der Waals surface area contributed by atoms with Gasteiger partial charge in [0.15, 0.2) is 0 Å². The molecule has 5 heteroatoms. The van der Waals surface area contributed by atoms with Crippen LogP contribution in [0.2, 0.25) is 0 Å². The highest BCUT2D eigenvalue weighted by Crippen LogP contribution is 2.18. The van der Waals surface area contributed by atoms with Gasteiger partial charge in [-0.1, -0.05) is 12.1 Å². The van der Waals surface area contributed by atoms with Crippen LogP contribution < -0.4 is 10.6 Å². The molecule has 1 aromatic carbocycles. The van der Waals surface area contributed by atoms with Crippen molar-refractivity contribution in [3.05, 3.63) is 46.8 Å². The average molecular weight is 312 g/mol. The fourth-order valence-electron chi connectivity index (χ4n) is 2.35. The predicted molar refractivity (Wildman–Crippen MR) is 93.8 cm³/mol. The van der Waals surface area contributed by atoms with E-state index in [1.807, 2.05) is 52.0 Å². The van der Waals surface area contributed by atoms with E-state index in [0.29, 0.717) is 18.9 Å². The number of benzene rings is 1. The minimum Gasteiger partial charge on any atom is -0.354 e. The molecule has 1 heterocycles. The van der Waals surface area contributed by atoms with Crippen LogP contribution in [0.1, 0.15) is 35.4 Å². The van der Waals surface area contributed by atoms with E-state index < -0.39 is 0 Å². The van der Waals surface area contributed by atoms with Crippen molar-refractivity contribution < 1.29 is 4.79 Å². The Labute approximate surface area is 137 Å². The molecule has 0 fully saturated rings. The molecule has 0 aliphatic rings. The molecule has 1 amide bonds. The number of hydrogen-bond acceptors (Lipinski definition) is 4. The van der Waals surface area contributed by atoms with E-state index in [9.17, 15) is 4.79 Å². The molecular weight excluding hydrogens is 288 g/mol. The fourth-order valence-corrected chi connectivity index (χ4v) is 2.35. The Morgan fingerprint density at radius 2 is 1.78 bits per heavy atom. The van der Waals surface area contributed by atoms with Crippen molar-refractivity contribution in [3.8, 4) is 0 Å². The zero-order valence-electron chi connectivity index (χ0n) is 14.2. The van der Waals surface area contributed by atoms with Crippen LogP contribution in [0.5, 0.6) is 0 Å². The van der Waals surface area contributed by atoms with Crippen LogP contribution in [0.3, 0.4) is 0 Å². The van der Waals surface area contributed by atoms with Gasteiger partial charge in [-0.3, -0.25) is 4.79 Å². The lowest BCUT2D eigenvalue weighted by molar-refractivity contribution is -0.116. The van der Waals surface area contributed by atoms with Gasteiger partial charge in [0.2, 0.25) is 11.9 Å². The zero-order valence-corrected chi connectivity index (χ0v) is 14.2. The number of anilines is 2. The van der Waals surface area contributed by atoms with Crippen LogP contribution in [0, 0.1) is 27.7 Å². The number of carbonyl (C=O) groups is 1. The van der Waals surface area contributed by atoms with Gasteiger partial charge in [0.1, 0.15) is 0 Å². The monoisotopic (exact) mass is 312 g/mol. The summed E-state index contributed by atoms with van der Waals surface area (Å²) < 4.78 is 0. The van der Waals surface area contributed by atoms with Crippen molar-refractivity contribution in [1.29, 1.82) is 0 Å². The Morgan fingerprint density at radius 1 is 1.09 bits per heavy atom. The molecule has 0 unspecified atom stereocenters. The SMILES string of the molecule is Cc1cc(C)nc(NCCCC(=O)Nc2cccc(C)c2C)n1. The molecule has 1 aromatic heterocycles. The standard InChI is InChI=1S/C18H24N4O/c1-12-7-5-8-16(15(12)4)22-17(23)9-6-10-19-18-20-13(2)11-14(3)21-18/h5,7-8,11H,6,9-10H2,1-4H3,(H,22,23)(H,19,20,21). The van der Waals surface area contributed by atoms with Gasteiger partial charge in [-0.05, 0) is 57.4 Å². The summed E-state index contributed by atoms with van der Waals surface area (Å²) >= 11 is 0. The summed E-state index contributed by atoms with van der Waals surface area (Å²) in [5, 5.41) is 6.13. The van der Waals surface area contributed by atoms with Gasteiger partial charge in [0, 0.05) is 30.0 Å². The predicted octanol–water partition coefficient (Wildman–Crippen LogP) is 3.54. The second-order valence-electron chi connectivity index (χ2n) is 5.80. The van der Waals surface area contributed by atoms with Crippen LogP contribution in [-0.2, 0) is 4.79 Å². The fraction of sp³-hybridized carbons (Fsp3) is 0.389. The zero-order chi connectivity index (χ0) is 16.8. The molecule has 0 spiro atoms. The third-order valence-corrected chi connectivity index (χ3v) is 3.72. The maximum atomic E-state index is 12.0. The highest BCUT2D eigenvalue weighted by molar-refractivity contribution is 5.91. The Kier molecular flexibility index (Phi) is 5.68. The number of aryl methyl sites for hydroxylation is 3. The first kappa shape index (κ1) is 16.9. The molecule has 5 nitrogen and oxygen atoms in total. The molecule has 2 rings (SSSR count). The van der Waals surface area contributed by atoms with E-state index in [1.165, 1.54) is 5.56 Å². The summed E-state index contributed by atoms with van der Waals surface area (Å²) in [5.41, 5.74) is 5.06. The highest BCUT2D eigenvalue weighted by Gasteiger charge is 2.06. The summed E-state index contributed by atoms with van der Waals surface area (Å²) in [6.45, 7) is 8.61. The van der Waals surface area contributed by atoms with E-state index >= 15 is 0 Å². The lowest BCUT2D eigenvalue weighted by Crippen LogP contribution is -2.15. The number of amides is 1. The third-order valence-electron chi connectivity index (χ3n) is 3.72. The van der Waals surface area contributed by atoms with Gasteiger partial charge in [0.25, 0.3) is 0 Å². The van der Waals surface area contributed by atoms with Crippen molar-refractivity contribution in [3.63, 3.8) is 0 Å². The molecule has 0 aliphatic heterocycles. The van der Waals surface area contributed by atoms with E-state index in [2.05, 4.69) is 20.6 Å². The Bertz CT molecular complexity index is 677. The van der Waals surface area contributed by atoms with Crippen molar-refractivity contribution in [2.24, 2.45) is 0 Å². The van der Waals surface area contributed by atoms with Crippen LogP contribution in [-0.4, -0.2) is 22.4 Å². The summed E-state index contributed by atoms with van der Waals surface area (Å²) in [7, 11) is 0. The third kappa shape index (κ3) is 5.06. The van der Waals surface area contributed by atoms with Crippen molar-refractivity contribution >= 4 is 17.5 Å². The maximum absolute atomic E-state index is 12.0. The second kappa shape index (κ2) is 7.72. The van der Waals surface area contributed by atoms with Crippen molar-refractivity contribution in [2.45, 2.75) is 40.5 Å². The molecule has 0 radical (unpaired) electrons. The van der Waals surface area contributed by atoms with Crippen molar-refractivity contribution in [1.82, 2.24) is 9.97 Å². The van der Waals surface area contributed by atoms with E-state index in [-0.39, 0.29) is 5.91 Å². The summed E-state index contributed by atoms with van der Waals surface area (Å²) in [6.07, 6.45) is 1.19. The van der Waals surface area contributed by atoms with Gasteiger partial charge in [-0.2, -0.15) is 0 Å². The van der Waals surface area contributed by atoms with Gasteiger partial charge in [0.05, 0.1) is 0 Å².